The Morgan fingerprint density at radius 3 is 2.46 bits per heavy atom. The third kappa shape index (κ3) is 4.89. The Kier molecular flexibility index (Phi) is 7.72. The van der Waals surface area contributed by atoms with Gasteiger partial charge in [0.1, 0.15) is 0 Å². The van der Waals surface area contributed by atoms with Gasteiger partial charge in [-0.2, -0.15) is 5.10 Å². The zero-order chi connectivity index (χ0) is 18.0. The van der Waals surface area contributed by atoms with E-state index in [0.29, 0.717) is 12.1 Å². The Hall–Kier alpha value is -0.870. The first-order valence-corrected chi connectivity index (χ1v) is 9.40. The molecule has 148 valence electrons. The number of hydrogen-bond donors (Lipinski definition) is 2. The van der Waals surface area contributed by atoms with Crippen LogP contribution in [0.5, 0.6) is 0 Å². The van der Waals surface area contributed by atoms with Crippen molar-refractivity contribution in [2.24, 2.45) is 12.0 Å². The molecule has 0 aromatic carbocycles. The highest BCUT2D eigenvalue weighted by molar-refractivity contribution is 14.0. The van der Waals surface area contributed by atoms with Crippen molar-refractivity contribution in [3.63, 3.8) is 0 Å². The summed E-state index contributed by atoms with van der Waals surface area (Å²) < 4.78 is 1.96. The second kappa shape index (κ2) is 9.36. The molecule has 4 rings (SSSR count). The van der Waals surface area contributed by atoms with E-state index in [0.717, 1.165) is 24.6 Å². The van der Waals surface area contributed by atoms with Crippen molar-refractivity contribution in [3.8, 4) is 0 Å². The predicted molar refractivity (Wildman–Crippen MR) is 118 cm³/mol. The van der Waals surface area contributed by atoms with Gasteiger partial charge in [0, 0.05) is 71.1 Å². The fourth-order valence-corrected chi connectivity index (χ4v) is 4.03. The number of nitrogens with zero attached hydrogens (tertiary/aromatic N) is 5. The lowest BCUT2D eigenvalue weighted by molar-refractivity contribution is 0.0154. The molecule has 3 aliphatic rings. The topological polar surface area (TPSA) is 60.7 Å². The summed E-state index contributed by atoms with van der Waals surface area (Å²) in [5.41, 5.74) is 3.70. The monoisotopic (exact) mass is 475 g/mol. The van der Waals surface area contributed by atoms with Crippen LogP contribution < -0.4 is 10.6 Å². The van der Waals surface area contributed by atoms with Gasteiger partial charge in [-0.05, 0) is 32.8 Å². The van der Waals surface area contributed by atoms with E-state index >= 15 is 0 Å². The van der Waals surface area contributed by atoms with Gasteiger partial charge in [-0.25, -0.2) is 0 Å². The van der Waals surface area contributed by atoms with Crippen LogP contribution in [0.3, 0.4) is 0 Å². The minimum atomic E-state index is 0. The molecule has 0 radical (unpaired) electrons. The molecule has 0 saturated carbocycles. The summed E-state index contributed by atoms with van der Waals surface area (Å²) in [5, 5.41) is 11.6. The van der Waals surface area contributed by atoms with Crippen LogP contribution in [0.25, 0.3) is 0 Å². The number of nitrogens with one attached hydrogen (secondary N) is 2. The first-order chi connectivity index (χ1) is 12.0. The average molecular weight is 475 g/mol. The quantitative estimate of drug-likeness (QED) is 0.374. The zero-order valence-corrected chi connectivity index (χ0v) is 19.1. The minimum absolute atomic E-state index is 0. The van der Waals surface area contributed by atoms with Crippen molar-refractivity contribution in [1.29, 1.82) is 0 Å². The smallest absolute Gasteiger partial charge is 0.191 e. The number of aromatic nitrogens is 2. The maximum atomic E-state index is 4.52. The number of piperazine rings is 3. The fraction of sp³-hybridized carbons (Fsp3) is 0.778. The third-order valence-electron chi connectivity index (χ3n) is 5.67. The van der Waals surface area contributed by atoms with E-state index in [1.807, 2.05) is 18.8 Å². The average Bonchev–Trinajstić information content (AvgIpc) is 2.85. The van der Waals surface area contributed by atoms with Crippen molar-refractivity contribution in [2.75, 3.05) is 46.3 Å². The van der Waals surface area contributed by atoms with Crippen molar-refractivity contribution in [1.82, 2.24) is 30.2 Å². The molecule has 2 unspecified atom stereocenters. The Labute approximate surface area is 174 Å². The minimum Gasteiger partial charge on any atom is -0.355 e. The van der Waals surface area contributed by atoms with Gasteiger partial charge in [0.2, 0.25) is 0 Å². The van der Waals surface area contributed by atoms with Crippen molar-refractivity contribution >= 4 is 29.9 Å². The lowest BCUT2D eigenvalue weighted by atomic mass is 10.1. The van der Waals surface area contributed by atoms with Gasteiger partial charge in [0.05, 0.1) is 5.69 Å². The van der Waals surface area contributed by atoms with E-state index in [-0.39, 0.29) is 24.0 Å². The lowest BCUT2D eigenvalue weighted by Gasteiger charge is -2.47. The summed E-state index contributed by atoms with van der Waals surface area (Å²) >= 11 is 0. The van der Waals surface area contributed by atoms with Crippen LogP contribution in [-0.4, -0.2) is 83.9 Å². The summed E-state index contributed by atoms with van der Waals surface area (Å²) in [6.45, 7) is 13.4. The Bertz CT molecular complexity index is 619. The molecular formula is C18H34IN7. The highest BCUT2D eigenvalue weighted by atomic mass is 127. The predicted octanol–water partition coefficient (Wildman–Crippen LogP) is 0.751. The summed E-state index contributed by atoms with van der Waals surface area (Å²) in [6, 6.07) is 0.902. The molecule has 0 spiro atoms. The number of guanidine groups is 1. The Morgan fingerprint density at radius 2 is 1.96 bits per heavy atom. The van der Waals surface area contributed by atoms with Crippen LogP contribution in [0.4, 0.5) is 0 Å². The molecule has 2 atom stereocenters. The van der Waals surface area contributed by atoms with Crippen molar-refractivity contribution < 1.29 is 0 Å². The van der Waals surface area contributed by atoms with E-state index in [1.165, 1.54) is 44.0 Å². The van der Waals surface area contributed by atoms with Crippen molar-refractivity contribution in [2.45, 2.75) is 39.3 Å². The van der Waals surface area contributed by atoms with E-state index in [4.69, 9.17) is 0 Å². The molecule has 3 saturated heterocycles. The van der Waals surface area contributed by atoms with E-state index in [1.54, 1.807) is 0 Å². The number of aryl methyl sites for hydroxylation is 2. The lowest BCUT2D eigenvalue weighted by Crippen LogP contribution is -2.64. The molecule has 4 heterocycles. The highest BCUT2D eigenvalue weighted by Gasteiger charge is 2.31. The summed E-state index contributed by atoms with van der Waals surface area (Å²) in [5.74, 6) is 0.893. The molecule has 26 heavy (non-hydrogen) atoms. The number of rotatable bonds is 5. The van der Waals surface area contributed by atoms with Gasteiger partial charge in [-0.3, -0.25) is 19.5 Å². The number of hydrogen-bond acceptors (Lipinski definition) is 4. The molecule has 0 amide bonds. The summed E-state index contributed by atoms with van der Waals surface area (Å²) in [6.07, 6.45) is 0.954. The Balaban J connectivity index is 0.00000243. The highest BCUT2D eigenvalue weighted by Crippen LogP contribution is 2.15. The Morgan fingerprint density at radius 1 is 1.27 bits per heavy atom. The van der Waals surface area contributed by atoms with Crippen LogP contribution in [0, 0.1) is 13.8 Å². The van der Waals surface area contributed by atoms with Gasteiger partial charge in [-0.15, -0.1) is 24.0 Å². The van der Waals surface area contributed by atoms with Crippen LogP contribution in [0.15, 0.2) is 4.99 Å². The molecule has 2 N–H and O–H groups in total. The van der Waals surface area contributed by atoms with E-state index < -0.39 is 0 Å². The fourth-order valence-electron chi connectivity index (χ4n) is 4.03. The van der Waals surface area contributed by atoms with Gasteiger partial charge in [0.15, 0.2) is 5.96 Å². The van der Waals surface area contributed by atoms with Crippen LogP contribution in [0.2, 0.25) is 0 Å². The third-order valence-corrected chi connectivity index (χ3v) is 5.67. The van der Waals surface area contributed by atoms with E-state index in [9.17, 15) is 0 Å². The summed E-state index contributed by atoms with van der Waals surface area (Å²) in [4.78, 5) is 9.58. The molecule has 3 aliphatic heterocycles. The molecule has 3 fully saturated rings. The van der Waals surface area contributed by atoms with Crippen LogP contribution in [0.1, 0.15) is 23.9 Å². The number of aliphatic imine (C=N–C) groups is 1. The van der Waals surface area contributed by atoms with Gasteiger partial charge < -0.3 is 10.6 Å². The first kappa shape index (κ1) is 21.4. The molecule has 0 aliphatic carbocycles. The molecular weight excluding hydrogens is 441 g/mol. The summed E-state index contributed by atoms with van der Waals surface area (Å²) in [7, 11) is 3.85. The van der Waals surface area contributed by atoms with Crippen LogP contribution >= 0.6 is 24.0 Å². The normalized spacial score (nSPS) is 26.3. The molecule has 8 heteroatoms. The van der Waals surface area contributed by atoms with Crippen molar-refractivity contribution in [3.05, 3.63) is 17.0 Å². The SMILES string of the molecule is CN=C(NCC1CN2CCN1CC2)NC(C)Cc1c(C)nn(C)c1C.I. The molecule has 7 nitrogen and oxygen atoms in total. The van der Waals surface area contributed by atoms with Gasteiger partial charge in [0.25, 0.3) is 0 Å². The first-order valence-electron chi connectivity index (χ1n) is 9.40. The zero-order valence-electron chi connectivity index (χ0n) is 16.7. The molecule has 1 aromatic heterocycles. The molecule has 1 aromatic rings. The second-order valence-electron chi connectivity index (χ2n) is 7.47. The maximum Gasteiger partial charge on any atom is 0.191 e. The standard InChI is InChI=1S/C18H33N7.HI/c1-13(10-17-14(2)22-23(5)15(17)3)21-18(19-4)20-11-16-12-24-6-8-25(16)9-7-24;/h13,16H,6-12H2,1-5H3,(H2,19,20,21);1H. The van der Waals surface area contributed by atoms with Gasteiger partial charge in [-0.1, -0.05) is 0 Å². The number of halogens is 1. The van der Waals surface area contributed by atoms with Gasteiger partial charge >= 0.3 is 0 Å². The number of fused-ring (bicyclic) bond motifs is 3. The molecule has 2 bridgehead atoms. The largest absolute Gasteiger partial charge is 0.355 e. The second-order valence-corrected chi connectivity index (χ2v) is 7.47. The van der Waals surface area contributed by atoms with E-state index in [2.05, 4.69) is 51.3 Å². The van der Waals surface area contributed by atoms with Crippen LogP contribution in [-0.2, 0) is 13.5 Å². The maximum absolute atomic E-state index is 4.52.